The van der Waals surface area contributed by atoms with Gasteiger partial charge >= 0.3 is 0 Å². The third kappa shape index (κ3) is 3.12. The second-order valence-corrected chi connectivity index (χ2v) is 5.26. The molecule has 1 unspecified atom stereocenters. The van der Waals surface area contributed by atoms with Crippen LogP contribution in [0.2, 0.25) is 0 Å². The molecular formula is C12H19N3OS. The lowest BCUT2D eigenvalue weighted by atomic mass is 10.1. The van der Waals surface area contributed by atoms with E-state index in [-0.39, 0.29) is 6.04 Å². The van der Waals surface area contributed by atoms with Crippen LogP contribution in [-0.2, 0) is 0 Å². The monoisotopic (exact) mass is 253 g/mol. The second-order valence-electron chi connectivity index (χ2n) is 4.03. The topological polar surface area (TPSA) is 51.4 Å². The van der Waals surface area contributed by atoms with Crippen LogP contribution in [0.4, 0.5) is 0 Å². The van der Waals surface area contributed by atoms with Crippen molar-refractivity contribution < 1.29 is 4.74 Å². The fraction of sp³-hybridized carbons (Fsp3) is 0.583. The number of thioether (sulfide) groups is 1. The van der Waals surface area contributed by atoms with Crippen molar-refractivity contribution in [3.8, 4) is 5.88 Å². The molecule has 0 aromatic carbocycles. The predicted octanol–water partition coefficient (Wildman–Crippen LogP) is 1.14. The molecule has 1 aliphatic rings. The van der Waals surface area contributed by atoms with Crippen molar-refractivity contribution in [2.24, 2.45) is 5.73 Å². The molecule has 0 spiro atoms. The summed E-state index contributed by atoms with van der Waals surface area (Å²) < 4.78 is 5.07. The number of nitrogens with two attached hydrogens (primary N) is 1. The number of pyridine rings is 1. The summed E-state index contributed by atoms with van der Waals surface area (Å²) in [4.78, 5) is 6.70. The van der Waals surface area contributed by atoms with Crippen molar-refractivity contribution in [2.45, 2.75) is 6.04 Å². The van der Waals surface area contributed by atoms with Crippen LogP contribution < -0.4 is 10.5 Å². The summed E-state index contributed by atoms with van der Waals surface area (Å²) in [5.74, 6) is 3.04. The Bertz CT molecular complexity index is 338. The maximum absolute atomic E-state index is 5.90. The van der Waals surface area contributed by atoms with Gasteiger partial charge in [-0.1, -0.05) is 6.07 Å². The molecule has 0 bridgehead atoms. The van der Waals surface area contributed by atoms with E-state index in [4.69, 9.17) is 10.5 Å². The number of aromatic nitrogens is 1. The van der Waals surface area contributed by atoms with Gasteiger partial charge in [0.25, 0.3) is 0 Å². The zero-order chi connectivity index (χ0) is 12.1. The maximum atomic E-state index is 5.90. The van der Waals surface area contributed by atoms with Gasteiger partial charge in [0.2, 0.25) is 5.88 Å². The fourth-order valence-electron chi connectivity index (χ4n) is 2.09. The predicted molar refractivity (Wildman–Crippen MR) is 71.5 cm³/mol. The van der Waals surface area contributed by atoms with E-state index in [2.05, 4.69) is 16.0 Å². The Hall–Kier alpha value is -0.780. The Labute approximate surface area is 107 Å². The van der Waals surface area contributed by atoms with Crippen LogP contribution in [0.1, 0.15) is 11.6 Å². The molecule has 1 aromatic rings. The first-order chi connectivity index (χ1) is 8.35. The van der Waals surface area contributed by atoms with E-state index in [1.54, 1.807) is 7.11 Å². The third-order valence-electron chi connectivity index (χ3n) is 3.06. The molecule has 1 atom stereocenters. The van der Waals surface area contributed by atoms with Gasteiger partial charge in [0.15, 0.2) is 0 Å². The summed E-state index contributed by atoms with van der Waals surface area (Å²) in [6.45, 7) is 2.86. The van der Waals surface area contributed by atoms with Gasteiger partial charge in [0.1, 0.15) is 0 Å². The highest BCUT2D eigenvalue weighted by molar-refractivity contribution is 7.99. The van der Waals surface area contributed by atoms with Gasteiger partial charge in [-0.15, -0.1) is 0 Å². The van der Waals surface area contributed by atoms with Crippen molar-refractivity contribution in [3.05, 3.63) is 23.9 Å². The van der Waals surface area contributed by atoms with E-state index in [9.17, 15) is 0 Å². The van der Waals surface area contributed by atoms with Gasteiger partial charge in [-0.3, -0.25) is 4.90 Å². The van der Waals surface area contributed by atoms with Gasteiger partial charge in [-0.05, 0) is 5.56 Å². The Morgan fingerprint density at radius 2 is 2.24 bits per heavy atom. The Morgan fingerprint density at radius 1 is 1.47 bits per heavy atom. The smallest absolute Gasteiger partial charge is 0.212 e. The highest BCUT2D eigenvalue weighted by Crippen LogP contribution is 2.23. The van der Waals surface area contributed by atoms with Gasteiger partial charge in [0.05, 0.1) is 7.11 Å². The zero-order valence-corrected chi connectivity index (χ0v) is 10.9. The van der Waals surface area contributed by atoms with Crippen LogP contribution in [0, 0.1) is 0 Å². The number of ether oxygens (including phenoxy) is 1. The molecule has 94 valence electrons. The number of methoxy groups -OCH3 is 1. The molecule has 1 fully saturated rings. The molecule has 17 heavy (non-hydrogen) atoms. The molecule has 0 amide bonds. The van der Waals surface area contributed by atoms with E-state index in [0.29, 0.717) is 12.4 Å². The summed E-state index contributed by atoms with van der Waals surface area (Å²) in [6, 6.07) is 4.25. The lowest BCUT2D eigenvalue weighted by Gasteiger charge is -2.33. The summed E-state index contributed by atoms with van der Waals surface area (Å²) in [5, 5.41) is 0. The van der Waals surface area contributed by atoms with Crippen LogP contribution in [0.25, 0.3) is 0 Å². The van der Waals surface area contributed by atoms with Crippen molar-refractivity contribution in [1.29, 1.82) is 0 Å². The van der Waals surface area contributed by atoms with E-state index in [1.807, 2.05) is 24.0 Å². The van der Waals surface area contributed by atoms with Gasteiger partial charge in [-0.2, -0.15) is 11.8 Å². The minimum atomic E-state index is 0.286. The van der Waals surface area contributed by atoms with Crippen LogP contribution in [0.5, 0.6) is 5.88 Å². The van der Waals surface area contributed by atoms with Crippen LogP contribution in [-0.4, -0.2) is 48.1 Å². The number of hydrogen-bond donors (Lipinski definition) is 1. The molecule has 2 heterocycles. The second kappa shape index (κ2) is 6.23. The van der Waals surface area contributed by atoms with E-state index < -0.39 is 0 Å². The molecular weight excluding hydrogens is 234 g/mol. The highest BCUT2D eigenvalue weighted by Gasteiger charge is 2.21. The molecule has 4 nitrogen and oxygen atoms in total. The molecule has 0 saturated carbocycles. The van der Waals surface area contributed by atoms with Crippen LogP contribution >= 0.6 is 11.8 Å². The SMILES string of the molecule is COc1ccc(C(CN)N2CCSCC2)cn1. The van der Waals surface area contributed by atoms with Crippen molar-refractivity contribution in [3.63, 3.8) is 0 Å². The first-order valence-electron chi connectivity index (χ1n) is 5.87. The molecule has 0 radical (unpaired) electrons. The summed E-state index contributed by atoms with van der Waals surface area (Å²) >= 11 is 2.01. The largest absolute Gasteiger partial charge is 0.481 e. The fourth-order valence-corrected chi connectivity index (χ4v) is 3.03. The summed E-state index contributed by atoms with van der Waals surface area (Å²) in [7, 11) is 1.63. The number of hydrogen-bond acceptors (Lipinski definition) is 5. The van der Waals surface area contributed by atoms with Crippen LogP contribution in [0.15, 0.2) is 18.3 Å². The first kappa shape index (κ1) is 12.7. The van der Waals surface area contributed by atoms with Crippen LogP contribution in [0.3, 0.4) is 0 Å². The maximum Gasteiger partial charge on any atom is 0.212 e. The minimum absolute atomic E-state index is 0.286. The van der Waals surface area contributed by atoms with E-state index in [0.717, 1.165) is 13.1 Å². The first-order valence-corrected chi connectivity index (χ1v) is 7.02. The Kier molecular flexibility index (Phi) is 4.65. The third-order valence-corrected chi connectivity index (χ3v) is 4.01. The minimum Gasteiger partial charge on any atom is -0.481 e. The molecule has 1 aromatic heterocycles. The van der Waals surface area contributed by atoms with E-state index in [1.165, 1.54) is 17.1 Å². The zero-order valence-electron chi connectivity index (χ0n) is 10.1. The number of nitrogens with zero attached hydrogens (tertiary/aromatic N) is 2. The lowest BCUT2D eigenvalue weighted by Crippen LogP contribution is -2.39. The van der Waals surface area contributed by atoms with Gasteiger partial charge in [0, 0.05) is 49.4 Å². The van der Waals surface area contributed by atoms with Gasteiger partial charge < -0.3 is 10.5 Å². The summed E-state index contributed by atoms with van der Waals surface area (Å²) in [5.41, 5.74) is 7.08. The van der Waals surface area contributed by atoms with Gasteiger partial charge in [-0.25, -0.2) is 4.98 Å². The van der Waals surface area contributed by atoms with Crippen molar-refractivity contribution >= 4 is 11.8 Å². The summed E-state index contributed by atoms with van der Waals surface area (Å²) in [6.07, 6.45) is 1.87. The highest BCUT2D eigenvalue weighted by atomic mass is 32.2. The lowest BCUT2D eigenvalue weighted by molar-refractivity contribution is 0.222. The van der Waals surface area contributed by atoms with E-state index >= 15 is 0 Å². The molecule has 1 aliphatic heterocycles. The molecule has 0 aliphatic carbocycles. The average Bonchev–Trinajstić information content (AvgIpc) is 2.42. The number of rotatable bonds is 4. The molecule has 1 saturated heterocycles. The average molecular weight is 253 g/mol. The quantitative estimate of drug-likeness (QED) is 0.872. The Morgan fingerprint density at radius 3 is 2.76 bits per heavy atom. The molecule has 5 heteroatoms. The molecule has 2 N–H and O–H groups in total. The van der Waals surface area contributed by atoms with Crippen molar-refractivity contribution in [2.75, 3.05) is 38.2 Å². The standard InChI is InChI=1S/C12H19N3OS/c1-16-12-3-2-10(9-14-12)11(8-13)15-4-6-17-7-5-15/h2-3,9,11H,4-8,13H2,1H3. The van der Waals surface area contributed by atoms with Crippen molar-refractivity contribution in [1.82, 2.24) is 9.88 Å². The Balaban J connectivity index is 2.10. The normalized spacial score (nSPS) is 18.9. The molecule has 2 rings (SSSR count).